The van der Waals surface area contributed by atoms with Crippen molar-refractivity contribution in [2.75, 3.05) is 26.2 Å². The number of hydrogen-bond donors (Lipinski definition) is 1. The Morgan fingerprint density at radius 2 is 2.13 bits per heavy atom. The van der Waals surface area contributed by atoms with Gasteiger partial charge in [-0.15, -0.1) is 0 Å². The molecule has 1 aromatic rings. The monoisotopic (exact) mass is 208 g/mol. The Hall–Kier alpha value is -0.870. The van der Waals surface area contributed by atoms with Crippen LogP contribution in [-0.4, -0.2) is 40.6 Å². The van der Waals surface area contributed by atoms with Crippen LogP contribution in [0.2, 0.25) is 0 Å². The van der Waals surface area contributed by atoms with Crippen molar-refractivity contribution in [1.82, 2.24) is 19.8 Å². The summed E-state index contributed by atoms with van der Waals surface area (Å²) in [7, 11) is 0. The first-order valence-corrected chi connectivity index (χ1v) is 5.72. The molecule has 15 heavy (non-hydrogen) atoms. The maximum absolute atomic E-state index is 4.43. The molecule has 0 saturated carbocycles. The van der Waals surface area contributed by atoms with Crippen LogP contribution in [0.4, 0.5) is 0 Å². The van der Waals surface area contributed by atoms with Crippen LogP contribution in [-0.2, 0) is 6.54 Å². The molecule has 0 amide bonds. The van der Waals surface area contributed by atoms with Crippen molar-refractivity contribution >= 4 is 0 Å². The van der Waals surface area contributed by atoms with Crippen LogP contribution in [0, 0.1) is 0 Å². The molecular formula is C11H20N4. The molecule has 0 unspecified atom stereocenters. The zero-order valence-corrected chi connectivity index (χ0v) is 9.61. The number of piperazine rings is 1. The van der Waals surface area contributed by atoms with Gasteiger partial charge in [0.15, 0.2) is 0 Å². The van der Waals surface area contributed by atoms with Gasteiger partial charge in [0, 0.05) is 44.6 Å². The molecule has 4 nitrogen and oxygen atoms in total. The molecule has 1 N–H and O–H groups in total. The first kappa shape index (κ1) is 10.6. The SMILES string of the molecule is CC(C)n1ccnc1CN1CCNCC1. The topological polar surface area (TPSA) is 33.1 Å². The van der Waals surface area contributed by atoms with E-state index in [1.165, 1.54) is 5.82 Å². The maximum atomic E-state index is 4.43. The Kier molecular flexibility index (Phi) is 3.38. The second-order valence-corrected chi connectivity index (χ2v) is 4.37. The molecular weight excluding hydrogens is 188 g/mol. The molecule has 4 heteroatoms. The van der Waals surface area contributed by atoms with Crippen molar-refractivity contribution in [2.45, 2.75) is 26.4 Å². The first-order chi connectivity index (χ1) is 7.27. The van der Waals surface area contributed by atoms with Crippen LogP contribution in [0.1, 0.15) is 25.7 Å². The lowest BCUT2D eigenvalue weighted by atomic mass is 10.3. The van der Waals surface area contributed by atoms with Crippen LogP contribution in [0.15, 0.2) is 12.4 Å². The van der Waals surface area contributed by atoms with E-state index < -0.39 is 0 Å². The second-order valence-electron chi connectivity index (χ2n) is 4.37. The Bertz CT molecular complexity index is 299. The van der Waals surface area contributed by atoms with Gasteiger partial charge < -0.3 is 9.88 Å². The van der Waals surface area contributed by atoms with Gasteiger partial charge in [0.1, 0.15) is 5.82 Å². The van der Waals surface area contributed by atoms with Crippen molar-refractivity contribution in [3.05, 3.63) is 18.2 Å². The summed E-state index contributed by atoms with van der Waals surface area (Å²) >= 11 is 0. The Morgan fingerprint density at radius 3 is 2.80 bits per heavy atom. The van der Waals surface area contributed by atoms with Crippen LogP contribution in [0.5, 0.6) is 0 Å². The summed E-state index contributed by atoms with van der Waals surface area (Å²) in [5, 5.41) is 3.36. The van der Waals surface area contributed by atoms with Gasteiger partial charge in [-0.3, -0.25) is 4.90 Å². The molecule has 1 fully saturated rings. The summed E-state index contributed by atoms with van der Waals surface area (Å²) in [5.74, 6) is 1.19. The fraction of sp³-hybridized carbons (Fsp3) is 0.727. The lowest BCUT2D eigenvalue weighted by Gasteiger charge is -2.27. The molecule has 84 valence electrons. The summed E-state index contributed by atoms with van der Waals surface area (Å²) in [4.78, 5) is 6.89. The van der Waals surface area contributed by atoms with Gasteiger partial charge in [-0.1, -0.05) is 0 Å². The van der Waals surface area contributed by atoms with Crippen molar-refractivity contribution < 1.29 is 0 Å². The zero-order valence-electron chi connectivity index (χ0n) is 9.61. The highest BCUT2D eigenvalue weighted by Gasteiger charge is 2.13. The third-order valence-electron chi connectivity index (χ3n) is 2.88. The highest BCUT2D eigenvalue weighted by molar-refractivity contribution is 4.94. The lowest BCUT2D eigenvalue weighted by Crippen LogP contribution is -2.43. The van der Waals surface area contributed by atoms with Crippen molar-refractivity contribution in [1.29, 1.82) is 0 Å². The molecule has 1 aromatic heterocycles. The van der Waals surface area contributed by atoms with Crippen LogP contribution in [0.3, 0.4) is 0 Å². The van der Waals surface area contributed by atoms with E-state index in [0.717, 1.165) is 32.7 Å². The molecule has 2 heterocycles. The average molecular weight is 208 g/mol. The average Bonchev–Trinajstić information content (AvgIpc) is 2.67. The Labute approximate surface area is 91.3 Å². The van der Waals surface area contributed by atoms with E-state index in [4.69, 9.17) is 0 Å². The van der Waals surface area contributed by atoms with E-state index in [2.05, 4.69) is 39.8 Å². The summed E-state index contributed by atoms with van der Waals surface area (Å²) in [5.41, 5.74) is 0. The predicted octanol–water partition coefficient (Wildman–Crippen LogP) is 0.869. The van der Waals surface area contributed by atoms with E-state index in [9.17, 15) is 0 Å². The number of nitrogens with zero attached hydrogens (tertiary/aromatic N) is 3. The predicted molar refractivity (Wildman–Crippen MR) is 60.8 cm³/mol. The molecule has 1 aliphatic rings. The normalized spacial score (nSPS) is 18.6. The van der Waals surface area contributed by atoms with Gasteiger partial charge in [-0.2, -0.15) is 0 Å². The summed E-state index contributed by atoms with van der Waals surface area (Å²) in [6.07, 6.45) is 3.97. The van der Waals surface area contributed by atoms with Crippen LogP contribution >= 0.6 is 0 Å². The third-order valence-corrected chi connectivity index (χ3v) is 2.88. The maximum Gasteiger partial charge on any atom is 0.123 e. The van der Waals surface area contributed by atoms with Gasteiger partial charge in [0.2, 0.25) is 0 Å². The molecule has 0 atom stereocenters. The Morgan fingerprint density at radius 1 is 1.40 bits per heavy atom. The van der Waals surface area contributed by atoms with Gasteiger partial charge >= 0.3 is 0 Å². The molecule has 0 aliphatic carbocycles. The Balaban J connectivity index is 1.99. The van der Waals surface area contributed by atoms with Gasteiger partial charge in [0.25, 0.3) is 0 Å². The highest BCUT2D eigenvalue weighted by atomic mass is 15.2. The third kappa shape index (κ3) is 2.58. The fourth-order valence-electron chi connectivity index (χ4n) is 2.01. The minimum Gasteiger partial charge on any atom is -0.331 e. The van der Waals surface area contributed by atoms with Gasteiger partial charge in [-0.25, -0.2) is 4.98 Å². The molecule has 0 spiro atoms. The molecule has 0 aromatic carbocycles. The lowest BCUT2D eigenvalue weighted by molar-refractivity contribution is 0.224. The summed E-state index contributed by atoms with van der Waals surface area (Å²) in [6.45, 7) is 9.83. The van der Waals surface area contributed by atoms with E-state index in [1.54, 1.807) is 0 Å². The smallest absolute Gasteiger partial charge is 0.123 e. The molecule has 1 saturated heterocycles. The zero-order chi connectivity index (χ0) is 10.7. The minimum atomic E-state index is 0.505. The van der Waals surface area contributed by atoms with E-state index in [1.807, 2.05) is 6.20 Å². The number of nitrogens with one attached hydrogen (secondary N) is 1. The number of imidazole rings is 1. The number of hydrogen-bond acceptors (Lipinski definition) is 3. The van der Waals surface area contributed by atoms with E-state index >= 15 is 0 Å². The van der Waals surface area contributed by atoms with Crippen LogP contribution < -0.4 is 5.32 Å². The first-order valence-electron chi connectivity index (χ1n) is 5.72. The number of rotatable bonds is 3. The summed E-state index contributed by atoms with van der Waals surface area (Å²) in [6, 6.07) is 0.505. The van der Waals surface area contributed by atoms with E-state index in [0.29, 0.717) is 6.04 Å². The van der Waals surface area contributed by atoms with Crippen molar-refractivity contribution in [2.24, 2.45) is 0 Å². The standard InChI is InChI=1S/C11H20N4/c1-10(2)15-8-5-13-11(15)9-14-6-3-12-4-7-14/h5,8,10,12H,3-4,6-7,9H2,1-2H3. The minimum absolute atomic E-state index is 0.505. The van der Waals surface area contributed by atoms with Crippen molar-refractivity contribution in [3.63, 3.8) is 0 Å². The largest absolute Gasteiger partial charge is 0.331 e. The van der Waals surface area contributed by atoms with Gasteiger partial charge in [-0.05, 0) is 13.8 Å². The quantitative estimate of drug-likeness (QED) is 0.800. The van der Waals surface area contributed by atoms with Crippen LogP contribution in [0.25, 0.3) is 0 Å². The van der Waals surface area contributed by atoms with Gasteiger partial charge in [0.05, 0.1) is 6.54 Å². The molecule has 0 radical (unpaired) electrons. The number of aromatic nitrogens is 2. The molecule has 2 rings (SSSR count). The van der Waals surface area contributed by atoms with Crippen molar-refractivity contribution in [3.8, 4) is 0 Å². The molecule has 1 aliphatic heterocycles. The second kappa shape index (κ2) is 4.77. The highest BCUT2D eigenvalue weighted by Crippen LogP contribution is 2.10. The molecule has 0 bridgehead atoms. The summed E-state index contributed by atoms with van der Waals surface area (Å²) < 4.78 is 2.25. The fourth-order valence-corrected chi connectivity index (χ4v) is 2.01. The van der Waals surface area contributed by atoms with E-state index in [-0.39, 0.29) is 0 Å².